The normalized spacial score (nSPS) is 10.4. The van der Waals surface area contributed by atoms with Crippen LogP contribution >= 0.6 is 27.5 Å². The minimum Gasteiger partial charge on any atom is -0.495 e. The summed E-state index contributed by atoms with van der Waals surface area (Å²) in [5.41, 5.74) is 1.14. The van der Waals surface area contributed by atoms with E-state index in [4.69, 9.17) is 21.4 Å². The predicted octanol–water partition coefficient (Wildman–Crippen LogP) is 3.20. The molecule has 0 aliphatic heterocycles. The van der Waals surface area contributed by atoms with Gasteiger partial charge in [0.1, 0.15) is 11.4 Å². The van der Waals surface area contributed by atoms with Gasteiger partial charge in [-0.1, -0.05) is 11.6 Å². The molecule has 0 bridgehead atoms. The van der Waals surface area contributed by atoms with Gasteiger partial charge in [0, 0.05) is 10.6 Å². The molecule has 2 N–H and O–H groups in total. The van der Waals surface area contributed by atoms with E-state index in [0.29, 0.717) is 26.5 Å². The van der Waals surface area contributed by atoms with Gasteiger partial charge < -0.3 is 9.84 Å². The lowest BCUT2D eigenvalue weighted by Gasteiger charge is -2.07. The maximum atomic E-state index is 10.8. The summed E-state index contributed by atoms with van der Waals surface area (Å²) >= 11 is 9.34. The molecule has 18 heavy (non-hydrogen) atoms. The quantitative estimate of drug-likeness (QED) is 0.905. The standard InChI is InChI=1S/C11H8BrClN2O3/c1-18-9-3-5(13)2-6(10(9)12)7-4-8(11(16)17)15-14-7/h2-4H,1H3,(H,14,15)(H,16,17). The first-order valence-corrected chi connectivity index (χ1v) is 6.02. The summed E-state index contributed by atoms with van der Waals surface area (Å²) < 4.78 is 5.82. The third kappa shape index (κ3) is 2.34. The number of aromatic amines is 1. The molecule has 2 rings (SSSR count). The molecule has 0 spiro atoms. The summed E-state index contributed by atoms with van der Waals surface area (Å²) in [6.07, 6.45) is 0. The molecular weight excluding hydrogens is 323 g/mol. The zero-order valence-electron chi connectivity index (χ0n) is 9.20. The average Bonchev–Trinajstić information content (AvgIpc) is 2.81. The molecule has 94 valence electrons. The molecule has 0 radical (unpaired) electrons. The van der Waals surface area contributed by atoms with E-state index in [2.05, 4.69) is 26.1 Å². The second kappa shape index (κ2) is 4.99. The van der Waals surface area contributed by atoms with E-state index in [1.807, 2.05) is 0 Å². The Balaban J connectivity index is 2.55. The molecule has 0 amide bonds. The number of hydrogen-bond acceptors (Lipinski definition) is 3. The highest BCUT2D eigenvalue weighted by atomic mass is 79.9. The van der Waals surface area contributed by atoms with Crippen LogP contribution in [0.25, 0.3) is 11.3 Å². The largest absolute Gasteiger partial charge is 0.495 e. The van der Waals surface area contributed by atoms with Crippen LogP contribution in [0.2, 0.25) is 5.02 Å². The number of methoxy groups -OCH3 is 1. The van der Waals surface area contributed by atoms with E-state index in [1.54, 1.807) is 12.1 Å². The molecule has 0 atom stereocenters. The average molecular weight is 332 g/mol. The lowest BCUT2D eigenvalue weighted by Crippen LogP contribution is -1.95. The van der Waals surface area contributed by atoms with Gasteiger partial charge in [0.15, 0.2) is 0 Å². The van der Waals surface area contributed by atoms with Gasteiger partial charge in [-0.25, -0.2) is 4.79 Å². The number of aromatic carboxylic acids is 1. The van der Waals surface area contributed by atoms with Crippen molar-refractivity contribution in [1.82, 2.24) is 10.2 Å². The summed E-state index contributed by atoms with van der Waals surface area (Å²) in [5.74, 6) is -0.517. The molecule has 0 unspecified atom stereocenters. The van der Waals surface area contributed by atoms with Gasteiger partial charge in [0.05, 0.1) is 17.3 Å². The molecule has 7 heteroatoms. The van der Waals surface area contributed by atoms with Gasteiger partial charge in [0.25, 0.3) is 0 Å². The molecule has 0 aliphatic rings. The summed E-state index contributed by atoms with van der Waals surface area (Å²) in [6.45, 7) is 0. The second-order valence-electron chi connectivity index (χ2n) is 3.44. The Morgan fingerprint density at radius 2 is 2.22 bits per heavy atom. The molecule has 0 saturated heterocycles. The van der Waals surface area contributed by atoms with E-state index in [-0.39, 0.29) is 5.69 Å². The van der Waals surface area contributed by atoms with Crippen molar-refractivity contribution in [3.63, 3.8) is 0 Å². The first-order valence-electron chi connectivity index (χ1n) is 4.85. The summed E-state index contributed by atoms with van der Waals surface area (Å²) in [4.78, 5) is 10.8. The van der Waals surface area contributed by atoms with Gasteiger partial charge in [-0.05, 0) is 34.1 Å². The number of halogens is 2. The maximum Gasteiger partial charge on any atom is 0.353 e. The number of carboxylic acid groups (broad SMARTS) is 1. The zero-order valence-corrected chi connectivity index (χ0v) is 11.5. The molecule has 5 nitrogen and oxygen atoms in total. The fourth-order valence-electron chi connectivity index (χ4n) is 1.47. The Bertz CT molecular complexity index is 612. The number of benzene rings is 1. The highest BCUT2D eigenvalue weighted by Gasteiger charge is 2.15. The molecule has 1 aromatic heterocycles. The van der Waals surface area contributed by atoms with Crippen molar-refractivity contribution in [1.29, 1.82) is 0 Å². The molecule has 0 saturated carbocycles. The van der Waals surface area contributed by atoms with E-state index < -0.39 is 5.97 Å². The number of rotatable bonds is 3. The van der Waals surface area contributed by atoms with Crippen LogP contribution in [0, 0.1) is 0 Å². The van der Waals surface area contributed by atoms with E-state index in [0.717, 1.165) is 0 Å². The number of nitrogens with one attached hydrogen (secondary N) is 1. The lowest BCUT2D eigenvalue weighted by molar-refractivity contribution is 0.0690. The van der Waals surface area contributed by atoms with E-state index in [9.17, 15) is 4.79 Å². The number of nitrogens with zero attached hydrogens (tertiary/aromatic N) is 1. The Kier molecular flexibility index (Phi) is 3.58. The summed E-state index contributed by atoms with van der Waals surface area (Å²) in [5, 5.41) is 15.7. The fraction of sp³-hybridized carbons (Fsp3) is 0.0909. The van der Waals surface area contributed by atoms with Crippen molar-refractivity contribution in [2.45, 2.75) is 0 Å². The number of aromatic nitrogens is 2. The number of carbonyl (C=O) groups is 1. The van der Waals surface area contributed by atoms with Crippen molar-refractivity contribution >= 4 is 33.5 Å². The van der Waals surface area contributed by atoms with Gasteiger partial charge in [-0.15, -0.1) is 0 Å². The van der Waals surface area contributed by atoms with Crippen molar-refractivity contribution in [2.24, 2.45) is 0 Å². The minimum absolute atomic E-state index is 0.0100. The summed E-state index contributed by atoms with van der Waals surface area (Å²) in [6, 6.07) is 4.76. The maximum absolute atomic E-state index is 10.8. The van der Waals surface area contributed by atoms with Crippen LogP contribution in [0.3, 0.4) is 0 Å². The molecular formula is C11H8BrClN2O3. The lowest BCUT2D eigenvalue weighted by atomic mass is 10.1. The highest BCUT2D eigenvalue weighted by Crippen LogP contribution is 2.37. The van der Waals surface area contributed by atoms with Crippen LogP contribution in [0.4, 0.5) is 0 Å². The Labute approximate surface area is 116 Å². The van der Waals surface area contributed by atoms with Crippen LogP contribution in [0.1, 0.15) is 10.5 Å². The van der Waals surface area contributed by atoms with Gasteiger partial charge >= 0.3 is 5.97 Å². The summed E-state index contributed by atoms with van der Waals surface area (Å²) in [7, 11) is 1.52. The number of hydrogen-bond donors (Lipinski definition) is 2. The van der Waals surface area contributed by atoms with Crippen molar-refractivity contribution in [3.8, 4) is 17.0 Å². The Morgan fingerprint density at radius 3 is 2.78 bits per heavy atom. The Morgan fingerprint density at radius 1 is 1.50 bits per heavy atom. The van der Waals surface area contributed by atoms with Crippen LogP contribution in [0.5, 0.6) is 5.75 Å². The third-order valence-corrected chi connectivity index (χ3v) is 3.34. The highest BCUT2D eigenvalue weighted by molar-refractivity contribution is 9.10. The zero-order chi connectivity index (χ0) is 13.3. The minimum atomic E-state index is -1.07. The second-order valence-corrected chi connectivity index (χ2v) is 4.67. The Hall–Kier alpha value is -1.53. The third-order valence-electron chi connectivity index (χ3n) is 2.31. The van der Waals surface area contributed by atoms with Crippen LogP contribution in [-0.2, 0) is 0 Å². The van der Waals surface area contributed by atoms with Crippen molar-refractivity contribution < 1.29 is 14.6 Å². The predicted molar refractivity (Wildman–Crippen MR) is 70.2 cm³/mol. The first kappa shape index (κ1) is 12.9. The molecule has 1 aromatic carbocycles. The smallest absolute Gasteiger partial charge is 0.353 e. The van der Waals surface area contributed by atoms with Gasteiger partial charge in [-0.2, -0.15) is 5.10 Å². The molecule has 0 fully saturated rings. The van der Waals surface area contributed by atoms with Crippen LogP contribution in [0.15, 0.2) is 22.7 Å². The van der Waals surface area contributed by atoms with Crippen LogP contribution < -0.4 is 4.74 Å². The number of ether oxygens (including phenoxy) is 1. The monoisotopic (exact) mass is 330 g/mol. The molecule has 1 heterocycles. The fourth-order valence-corrected chi connectivity index (χ4v) is 2.27. The molecule has 0 aliphatic carbocycles. The number of H-pyrrole nitrogens is 1. The van der Waals surface area contributed by atoms with Gasteiger partial charge in [0.2, 0.25) is 0 Å². The topological polar surface area (TPSA) is 75.2 Å². The van der Waals surface area contributed by atoms with Crippen molar-refractivity contribution in [2.75, 3.05) is 7.11 Å². The molecule has 2 aromatic rings. The first-order chi connectivity index (χ1) is 8.52. The number of carboxylic acids is 1. The van der Waals surface area contributed by atoms with E-state index in [1.165, 1.54) is 13.2 Å². The van der Waals surface area contributed by atoms with Crippen molar-refractivity contribution in [3.05, 3.63) is 33.4 Å². The SMILES string of the molecule is COc1cc(Cl)cc(-c2cc(C(=O)O)[nH]n2)c1Br. The van der Waals surface area contributed by atoms with E-state index >= 15 is 0 Å². The van der Waals surface area contributed by atoms with Gasteiger partial charge in [-0.3, -0.25) is 5.10 Å². The van der Waals surface area contributed by atoms with Crippen LogP contribution in [-0.4, -0.2) is 28.4 Å².